The normalized spacial score (nSPS) is 10.8. The molecule has 3 aromatic rings. The van der Waals surface area contributed by atoms with Crippen LogP contribution in [-0.4, -0.2) is 18.1 Å². The first kappa shape index (κ1) is 11.5. The van der Waals surface area contributed by atoms with E-state index >= 15 is 0 Å². The largest absolute Gasteiger partial charge is 0.465 e. The number of pyridine rings is 1. The molecule has 0 aliphatic carbocycles. The number of rotatable bonds is 1. The average molecular weight is 252 g/mol. The Bertz CT molecular complexity index is 797. The van der Waals surface area contributed by atoms with Crippen LogP contribution in [-0.2, 0) is 4.74 Å². The predicted molar refractivity (Wildman–Crippen MR) is 75.0 cm³/mol. The van der Waals surface area contributed by atoms with Gasteiger partial charge in [0.05, 0.1) is 23.9 Å². The molecule has 0 aliphatic heterocycles. The van der Waals surface area contributed by atoms with Crippen molar-refractivity contribution >= 4 is 33.3 Å². The molecule has 0 unspecified atom stereocenters. The maximum absolute atomic E-state index is 12.0. The Hall–Kier alpha value is -2.62. The van der Waals surface area contributed by atoms with Gasteiger partial charge in [0.2, 0.25) is 0 Å². The summed E-state index contributed by atoms with van der Waals surface area (Å²) in [5, 5.41) is 2.66. The highest BCUT2D eigenvalue weighted by molar-refractivity contribution is 6.21. The molecule has 1 aromatic heterocycles. The summed E-state index contributed by atoms with van der Waals surface area (Å²) in [6, 6.07) is 11.4. The van der Waals surface area contributed by atoms with Crippen LogP contribution < -0.4 is 5.73 Å². The number of esters is 1. The van der Waals surface area contributed by atoms with E-state index in [1.165, 1.54) is 7.11 Å². The standard InChI is InChI=1S/C15H12N2O2/c1-19-15(18)12-10-6-3-2-5-9(10)11-7-4-8-17-14(11)13(12)16/h2-8H,16H2,1H3. The van der Waals surface area contributed by atoms with Gasteiger partial charge in [-0.3, -0.25) is 4.98 Å². The van der Waals surface area contributed by atoms with Gasteiger partial charge in [0.25, 0.3) is 0 Å². The van der Waals surface area contributed by atoms with Gasteiger partial charge in [0.15, 0.2) is 0 Å². The maximum Gasteiger partial charge on any atom is 0.340 e. The topological polar surface area (TPSA) is 65.2 Å². The Balaban J connectivity index is 2.59. The molecule has 19 heavy (non-hydrogen) atoms. The number of nitrogens with zero attached hydrogens (tertiary/aromatic N) is 1. The summed E-state index contributed by atoms with van der Waals surface area (Å²) in [5.41, 5.74) is 7.47. The van der Waals surface area contributed by atoms with Crippen LogP contribution in [0.1, 0.15) is 10.4 Å². The van der Waals surface area contributed by atoms with E-state index < -0.39 is 5.97 Å². The lowest BCUT2D eigenvalue weighted by Crippen LogP contribution is -2.07. The lowest BCUT2D eigenvalue weighted by atomic mass is 9.98. The zero-order chi connectivity index (χ0) is 13.4. The van der Waals surface area contributed by atoms with Gasteiger partial charge in [-0.25, -0.2) is 4.79 Å². The van der Waals surface area contributed by atoms with Crippen molar-refractivity contribution in [3.8, 4) is 0 Å². The van der Waals surface area contributed by atoms with E-state index in [2.05, 4.69) is 4.98 Å². The van der Waals surface area contributed by atoms with Crippen molar-refractivity contribution in [2.75, 3.05) is 12.8 Å². The third-order valence-electron chi connectivity index (χ3n) is 3.21. The molecule has 0 saturated heterocycles. The molecule has 0 spiro atoms. The lowest BCUT2D eigenvalue weighted by Gasteiger charge is -2.11. The van der Waals surface area contributed by atoms with Gasteiger partial charge in [-0.2, -0.15) is 0 Å². The van der Waals surface area contributed by atoms with Crippen molar-refractivity contribution in [1.82, 2.24) is 4.98 Å². The minimum atomic E-state index is -0.443. The molecule has 94 valence electrons. The molecule has 0 bridgehead atoms. The molecular formula is C15H12N2O2. The number of carbonyl (C=O) groups is 1. The van der Waals surface area contributed by atoms with E-state index in [1.54, 1.807) is 6.20 Å². The minimum Gasteiger partial charge on any atom is -0.465 e. The third-order valence-corrected chi connectivity index (χ3v) is 3.21. The van der Waals surface area contributed by atoms with E-state index in [1.807, 2.05) is 36.4 Å². The quantitative estimate of drug-likeness (QED) is 0.411. The van der Waals surface area contributed by atoms with E-state index in [-0.39, 0.29) is 0 Å². The Morgan fingerprint density at radius 1 is 1.11 bits per heavy atom. The number of benzene rings is 2. The second-order valence-corrected chi connectivity index (χ2v) is 4.23. The van der Waals surface area contributed by atoms with Crippen LogP contribution >= 0.6 is 0 Å². The Morgan fingerprint density at radius 2 is 1.79 bits per heavy atom. The first-order chi connectivity index (χ1) is 9.24. The highest BCUT2D eigenvalue weighted by Gasteiger charge is 2.18. The Kier molecular flexibility index (Phi) is 2.56. The number of fused-ring (bicyclic) bond motifs is 3. The number of nitrogens with two attached hydrogens (primary N) is 1. The molecule has 4 heteroatoms. The van der Waals surface area contributed by atoms with Crippen LogP contribution in [0, 0.1) is 0 Å². The van der Waals surface area contributed by atoms with Crippen molar-refractivity contribution in [3.63, 3.8) is 0 Å². The summed E-state index contributed by atoms with van der Waals surface area (Å²) in [5.74, 6) is -0.443. The second-order valence-electron chi connectivity index (χ2n) is 4.23. The maximum atomic E-state index is 12.0. The number of ether oxygens (including phenoxy) is 1. The van der Waals surface area contributed by atoms with Gasteiger partial charge < -0.3 is 10.5 Å². The smallest absolute Gasteiger partial charge is 0.340 e. The summed E-state index contributed by atoms with van der Waals surface area (Å²) >= 11 is 0. The molecule has 2 aromatic carbocycles. The average Bonchev–Trinajstić information content (AvgIpc) is 2.47. The monoisotopic (exact) mass is 252 g/mol. The molecule has 0 atom stereocenters. The zero-order valence-corrected chi connectivity index (χ0v) is 10.4. The van der Waals surface area contributed by atoms with Gasteiger partial charge in [-0.1, -0.05) is 30.3 Å². The van der Waals surface area contributed by atoms with E-state index in [0.29, 0.717) is 16.8 Å². The number of methoxy groups -OCH3 is 1. The fourth-order valence-electron chi connectivity index (χ4n) is 2.36. The highest BCUT2D eigenvalue weighted by atomic mass is 16.5. The summed E-state index contributed by atoms with van der Waals surface area (Å²) < 4.78 is 4.83. The Morgan fingerprint density at radius 3 is 2.53 bits per heavy atom. The minimum absolute atomic E-state index is 0.362. The number of aromatic nitrogens is 1. The SMILES string of the molecule is COC(=O)c1c(N)c2ncccc2c2ccccc12. The first-order valence-electron chi connectivity index (χ1n) is 5.87. The molecule has 0 radical (unpaired) electrons. The van der Waals surface area contributed by atoms with Crippen LogP contribution in [0.15, 0.2) is 42.6 Å². The molecule has 1 heterocycles. The van der Waals surface area contributed by atoms with Crippen molar-refractivity contribution < 1.29 is 9.53 Å². The second kappa shape index (κ2) is 4.24. The molecule has 4 nitrogen and oxygen atoms in total. The summed E-state index contributed by atoms with van der Waals surface area (Å²) in [7, 11) is 1.35. The summed E-state index contributed by atoms with van der Waals surface area (Å²) in [4.78, 5) is 16.2. The number of carbonyl (C=O) groups excluding carboxylic acids is 1. The molecule has 3 rings (SSSR count). The number of anilines is 1. The van der Waals surface area contributed by atoms with Gasteiger partial charge >= 0.3 is 5.97 Å². The van der Waals surface area contributed by atoms with E-state index in [0.717, 1.165) is 16.2 Å². The van der Waals surface area contributed by atoms with Crippen molar-refractivity contribution in [1.29, 1.82) is 0 Å². The highest BCUT2D eigenvalue weighted by Crippen LogP contribution is 2.33. The van der Waals surface area contributed by atoms with E-state index in [4.69, 9.17) is 10.5 Å². The van der Waals surface area contributed by atoms with Crippen LogP contribution in [0.3, 0.4) is 0 Å². The molecule has 0 fully saturated rings. The van der Waals surface area contributed by atoms with Gasteiger partial charge in [0, 0.05) is 11.6 Å². The van der Waals surface area contributed by atoms with Crippen LogP contribution in [0.4, 0.5) is 5.69 Å². The summed E-state index contributed by atoms with van der Waals surface area (Å²) in [6.07, 6.45) is 1.66. The molecule has 0 aliphatic rings. The number of nitrogen functional groups attached to an aromatic ring is 1. The van der Waals surface area contributed by atoms with Crippen LogP contribution in [0.5, 0.6) is 0 Å². The molecule has 0 saturated carbocycles. The molecule has 2 N–H and O–H groups in total. The number of hydrogen-bond acceptors (Lipinski definition) is 4. The van der Waals surface area contributed by atoms with Gasteiger partial charge in [-0.15, -0.1) is 0 Å². The van der Waals surface area contributed by atoms with E-state index in [9.17, 15) is 4.79 Å². The van der Waals surface area contributed by atoms with Crippen molar-refractivity contribution in [3.05, 3.63) is 48.2 Å². The molecule has 0 amide bonds. The molecular weight excluding hydrogens is 240 g/mol. The summed E-state index contributed by atoms with van der Waals surface area (Å²) in [6.45, 7) is 0. The fraction of sp³-hybridized carbons (Fsp3) is 0.0667. The van der Waals surface area contributed by atoms with Crippen LogP contribution in [0.25, 0.3) is 21.7 Å². The first-order valence-corrected chi connectivity index (χ1v) is 5.87. The number of hydrogen-bond donors (Lipinski definition) is 1. The van der Waals surface area contributed by atoms with Crippen molar-refractivity contribution in [2.45, 2.75) is 0 Å². The van der Waals surface area contributed by atoms with Gasteiger partial charge in [0.1, 0.15) is 0 Å². The van der Waals surface area contributed by atoms with Gasteiger partial charge in [-0.05, 0) is 16.8 Å². The Labute approximate surface area is 109 Å². The fourth-order valence-corrected chi connectivity index (χ4v) is 2.36. The third kappa shape index (κ3) is 1.61. The zero-order valence-electron chi connectivity index (χ0n) is 10.4. The van der Waals surface area contributed by atoms with Crippen LogP contribution in [0.2, 0.25) is 0 Å². The predicted octanol–water partition coefficient (Wildman–Crippen LogP) is 2.76. The van der Waals surface area contributed by atoms with Crippen molar-refractivity contribution in [2.24, 2.45) is 0 Å². The lowest BCUT2D eigenvalue weighted by molar-refractivity contribution is 0.0604.